The van der Waals surface area contributed by atoms with Crippen molar-refractivity contribution in [2.24, 2.45) is 5.92 Å². The van der Waals surface area contributed by atoms with E-state index in [1.54, 1.807) is 6.07 Å². The largest absolute Gasteiger partial charge is 0.493 e. The monoisotopic (exact) mass is 308 g/mol. The van der Waals surface area contributed by atoms with Crippen LogP contribution >= 0.6 is 0 Å². The van der Waals surface area contributed by atoms with Crippen LogP contribution < -0.4 is 9.47 Å². The summed E-state index contributed by atoms with van der Waals surface area (Å²) >= 11 is 0. The maximum Gasteiger partial charge on any atom is 0.273 e. The summed E-state index contributed by atoms with van der Waals surface area (Å²) in [6.45, 7) is 5.83. The van der Waals surface area contributed by atoms with Crippen molar-refractivity contribution in [2.75, 3.05) is 33.4 Å². The Kier molecular flexibility index (Phi) is 6.00. The van der Waals surface area contributed by atoms with Crippen molar-refractivity contribution in [3.05, 3.63) is 28.3 Å². The maximum atomic E-state index is 10.8. The van der Waals surface area contributed by atoms with Crippen molar-refractivity contribution in [1.29, 1.82) is 0 Å². The van der Waals surface area contributed by atoms with Gasteiger partial charge in [-0.15, -0.1) is 0 Å². The van der Waals surface area contributed by atoms with Gasteiger partial charge >= 0.3 is 0 Å². The summed E-state index contributed by atoms with van der Waals surface area (Å²) in [5, 5.41) is 10.8. The predicted molar refractivity (Wildman–Crippen MR) is 84.6 cm³/mol. The minimum absolute atomic E-state index is 0.00513. The van der Waals surface area contributed by atoms with Crippen LogP contribution in [0.2, 0.25) is 0 Å². The number of hydrogen-bond acceptors (Lipinski definition) is 5. The molecule has 0 spiro atoms. The number of methoxy groups -OCH3 is 1. The molecule has 1 aromatic rings. The van der Waals surface area contributed by atoms with Crippen LogP contribution in [0.25, 0.3) is 0 Å². The molecule has 1 fully saturated rings. The summed E-state index contributed by atoms with van der Waals surface area (Å²) < 4.78 is 10.9. The third kappa shape index (κ3) is 4.87. The molecule has 0 radical (unpaired) electrons. The van der Waals surface area contributed by atoms with Gasteiger partial charge < -0.3 is 9.47 Å². The van der Waals surface area contributed by atoms with Crippen LogP contribution in [0.4, 0.5) is 5.69 Å². The van der Waals surface area contributed by atoms with Crippen LogP contribution in [0, 0.1) is 16.0 Å². The maximum absolute atomic E-state index is 10.8. The molecule has 2 rings (SSSR count). The lowest BCUT2D eigenvalue weighted by atomic mass is 10.3. The lowest BCUT2D eigenvalue weighted by Gasteiger charge is -2.21. The summed E-state index contributed by atoms with van der Waals surface area (Å²) in [4.78, 5) is 12.8. The van der Waals surface area contributed by atoms with Crippen molar-refractivity contribution in [2.45, 2.75) is 26.2 Å². The summed E-state index contributed by atoms with van der Waals surface area (Å²) in [5.74, 6) is 1.81. The Bertz CT molecular complexity index is 503. The normalized spacial score (nSPS) is 14.1. The molecule has 1 aromatic carbocycles. The molecule has 22 heavy (non-hydrogen) atoms. The van der Waals surface area contributed by atoms with Crippen molar-refractivity contribution in [1.82, 2.24) is 4.90 Å². The van der Waals surface area contributed by atoms with Gasteiger partial charge in [-0.2, -0.15) is 0 Å². The van der Waals surface area contributed by atoms with E-state index >= 15 is 0 Å². The molecule has 0 atom stereocenters. The summed E-state index contributed by atoms with van der Waals surface area (Å²) in [6, 6.07) is 4.43. The van der Waals surface area contributed by atoms with E-state index in [2.05, 4.69) is 11.8 Å². The molecular weight excluding hydrogens is 284 g/mol. The topological polar surface area (TPSA) is 64.8 Å². The second-order valence-corrected chi connectivity index (χ2v) is 5.68. The molecule has 0 N–H and O–H groups in total. The summed E-state index contributed by atoms with van der Waals surface area (Å²) in [6.07, 6.45) is 3.82. The fourth-order valence-corrected chi connectivity index (χ4v) is 2.45. The molecule has 0 aromatic heterocycles. The van der Waals surface area contributed by atoms with E-state index in [9.17, 15) is 10.1 Å². The Morgan fingerprint density at radius 2 is 2.09 bits per heavy atom. The molecule has 122 valence electrons. The zero-order valence-corrected chi connectivity index (χ0v) is 13.3. The van der Waals surface area contributed by atoms with Crippen LogP contribution in [0.5, 0.6) is 11.5 Å². The number of nitro groups is 1. The first kappa shape index (κ1) is 16.5. The summed E-state index contributed by atoms with van der Waals surface area (Å²) in [5.41, 5.74) is 0.00513. The van der Waals surface area contributed by atoms with Crippen molar-refractivity contribution >= 4 is 5.69 Å². The minimum atomic E-state index is -0.440. The first-order valence-electron chi connectivity index (χ1n) is 7.81. The molecule has 6 heteroatoms. The van der Waals surface area contributed by atoms with Crippen LogP contribution in [0.1, 0.15) is 26.2 Å². The molecule has 0 heterocycles. The van der Waals surface area contributed by atoms with E-state index in [1.165, 1.54) is 32.1 Å². The summed E-state index contributed by atoms with van der Waals surface area (Å²) in [7, 11) is 1.49. The molecule has 6 nitrogen and oxygen atoms in total. The third-order valence-electron chi connectivity index (χ3n) is 3.78. The average Bonchev–Trinajstić information content (AvgIpc) is 3.31. The molecule has 0 bridgehead atoms. The van der Waals surface area contributed by atoms with Gasteiger partial charge in [0.2, 0.25) is 0 Å². The van der Waals surface area contributed by atoms with E-state index in [4.69, 9.17) is 9.47 Å². The Labute approximate surface area is 131 Å². The molecule has 0 amide bonds. The highest BCUT2D eigenvalue weighted by Gasteiger charge is 2.23. The molecular formula is C16H24N2O4. The van der Waals surface area contributed by atoms with Crippen molar-refractivity contribution in [3.8, 4) is 11.5 Å². The first-order valence-corrected chi connectivity index (χ1v) is 7.81. The first-order chi connectivity index (χ1) is 10.6. The fraction of sp³-hybridized carbons (Fsp3) is 0.625. The highest BCUT2D eigenvalue weighted by atomic mass is 16.6. The van der Waals surface area contributed by atoms with Crippen LogP contribution in [-0.2, 0) is 0 Å². The lowest BCUT2D eigenvalue weighted by molar-refractivity contribution is -0.384. The van der Waals surface area contributed by atoms with Crippen LogP contribution in [0.3, 0.4) is 0 Å². The predicted octanol–water partition coefficient (Wildman–Crippen LogP) is 3.10. The molecule has 1 aliphatic carbocycles. The van der Waals surface area contributed by atoms with E-state index in [0.29, 0.717) is 18.1 Å². The van der Waals surface area contributed by atoms with Gasteiger partial charge in [0.1, 0.15) is 6.61 Å². The number of non-ortho nitro benzene ring substituents is 1. The second-order valence-electron chi connectivity index (χ2n) is 5.68. The van der Waals surface area contributed by atoms with Gasteiger partial charge in [0.05, 0.1) is 18.1 Å². The number of nitrogens with zero attached hydrogens (tertiary/aromatic N) is 2. The molecule has 1 saturated carbocycles. The highest BCUT2D eigenvalue weighted by Crippen LogP contribution is 2.31. The smallest absolute Gasteiger partial charge is 0.273 e. The second kappa shape index (κ2) is 7.98. The Hall–Kier alpha value is -1.82. The zero-order valence-electron chi connectivity index (χ0n) is 13.3. The molecule has 0 unspecified atom stereocenters. The highest BCUT2D eigenvalue weighted by molar-refractivity contribution is 5.48. The van der Waals surface area contributed by atoms with E-state index < -0.39 is 4.92 Å². The van der Waals surface area contributed by atoms with Gasteiger partial charge in [-0.25, -0.2) is 0 Å². The fourth-order valence-electron chi connectivity index (χ4n) is 2.45. The SMILES string of the molecule is CCCN(CCOc1ccc([N+](=O)[O-])cc1OC)CC1CC1. The molecule has 0 aliphatic heterocycles. The quantitative estimate of drug-likeness (QED) is 0.491. The van der Waals surface area contributed by atoms with Crippen molar-refractivity contribution < 1.29 is 14.4 Å². The number of rotatable bonds is 10. The van der Waals surface area contributed by atoms with Gasteiger partial charge in [-0.1, -0.05) is 6.92 Å². The number of ether oxygens (including phenoxy) is 2. The lowest BCUT2D eigenvalue weighted by Crippen LogP contribution is -2.31. The van der Waals surface area contributed by atoms with E-state index in [0.717, 1.165) is 32.0 Å². The Morgan fingerprint density at radius 3 is 2.68 bits per heavy atom. The number of nitro benzene ring substituents is 1. The molecule has 0 saturated heterocycles. The van der Waals surface area contributed by atoms with Gasteiger partial charge in [-0.05, 0) is 37.8 Å². The van der Waals surface area contributed by atoms with Crippen LogP contribution in [0.15, 0.2) is 18.2 Å². The minimum Gasteiger partial charge on any atom is -0.493 e. The van der Waals surface area contributed by atoms with Gasteiger partial charge in [0.15, 0.2) is 11.5 Å². The van der Waals surface area contributed by atoms with Gasteiger partial charge in [0.25, 0.3) is 5.69 Å². The van der Waals surface area contributed by atoms with E-state index in [-0.39, 0.29) is 5.69 Å². The Balaban J connectivity index is 1.87. The Morgan fingerprint density at radius 1 is 1.32 bits per heavy atom. The molecule has 1 aliphatic rings. The van der Waals surface area contributed by atoms with Crippen LogP contribution in [-0.4, -0.2) is 43.2 Å². The van der Waals surface area contributed by atoms with E-state index in [1.807, 2.05) is 0 Å². The average molecular weight is 308 g/mol. The van der Waals surface area contributed by atoms with Gasteiger partial charge in [0, 0.05) is 19.2 Å². The van der Waals surface area contributed by atoms with Crippen molar-refractivity contribution in [3.63, 3.8) is 0 Å². The zero-order chi connectivity index (χ0) is 15.9. The van der Waals surface area contributed by atoms with Gasteiger partial charge in [-0.3, -0.25) is 15.0 Å². The number of hydrogen-bond donors (Lipinski definition) is 0. The number of benzene rings is 1. The third-order valence-corrected chi connectivity index (χ3v) is 3.78. The standard InChI is InChI=1S/C16H24N2O4/c1-3-8-17(12-13-4-5-13)9-10-22-15-7-6-14(18(19)20)11-16(15)21-2/h6-7,11,13H,3-5,8-10,12H2,1-2H3.